The molecular formula is C14H22ClN. The molecule has 0 aliphatic rings. The average molecular weight is 240 g/mol. The second-order valence-electron chi connectivity index (χ2n) is 5.08. The molecule has 0 saturated heterocycles. The maximum absolute atomic E-state index is 5.90. The van der Waals surface area contributed by atoms with Crippen molar-refractivity contribution < 1.29 is 0 Å². The minimum atomic E-state index is 0.416. The first-order chi connectivity index (χ1) is 7.50. The van der Waals surface area contributed by atoms with E-state index in [1.54, 1.807) is 0 Å². The fourth-order valence-electron chi connectivity index (χ4n) is 1.77. The van der Waals surface area contributed by atoms with E-state index in [1.165, 1.54) is 5.56 Å². The second-order valence-corrected chi connectivity index (χ2v) is 5.51. The van der Waals surface area contributed by atoms with Crippen LogP contribution < -0.4 is 5.32 Å². The van der Waals surface area contributed by atoms with E-state index in [2.05, 4.69) is 45.1 Å². The molecule has 1 rings (SSSR count). The van der Waals surface area contributed by atoms with E-state index in [0.717, 1.165) is 11.6 Å². The SMILES string of the molecule is CC(C)CNC(c1ccc(Cl)cc1)C(C)C. The first kappa shape index (κ1) is 13.5. The van der Waals surface area contributed by atoms with Gasteiger partial charge in [-0.3, -0.25) is 0 Å². The van der Waals surface area contributed by atoms with E-state index in [1.807, 2.05) is 12.1 Å². The molecule has 0 aliphatic heterocycles. The normalized spacial score (nSPS) is 13.4. The maximum Gasteiger partial charge on any atom is 0.0406 e. The van der Waals surface area contributed by atoms with Gasteiger partial charge in [-0.2, -0.15) is 0 Å². The lowest BCUT2D eigenvalue weighted by Gasteiger charge is -2.24. The van der Waals surface area contributed by atoms with Crippen molar-refractivity contribution in [3.63, 3.8) is 0 Å². The van der Waals surface area contributed by atoms with Crippen molar-refractivity contribution in [2.45, 2.75) is 33.7 Å². The molecule has 1 N–H and O–H groups in total. The van der Waals surface area contributed by atoms with Crippen LogP contribution in [0.25, 0.3) is 0 Å². The molecule has 0 spiro atoms. The lowest BCUT2D eigenvalue weighted by molar-refractivity contribution is 0.387. The monoisotopic (exact) mass is 239 g/mol. The van der Waals surface area contributed by atoms with E-state index in [0.29, 0.717) is 17.9 Å². The Morgan fingerprint density at radius 1 is 1.06 bits per heavy atom. The third kappa shape index (κ3) is 4.15. The van der Waals surface area contributed by atoms with Crippen molar-refractivity contribution in [3.8, 4) is 0 Å². The Hall–Kier alpha value is -0.530. The van der Waals surface area contributed by atoms with Crippen LogP contribution in [-0.2, 0) is 0 Å². The second kappa shape index (κ2) is 6.27. The summed E-state index contributed by atoms with van der Waals surface area (Å²) < 4.78 is 0. The number of rotatable bonds is 5. The zero-order valence-electron chi connectivity index (χ0n) is 10.6. The Labute approximate surface area is 104 Å². The van der Waals surface area contributed by atoms with Crippen LogP contribution in [0.5, 0.6) is 0 Å². The molecule has 1 unspecified atom stereocenters. The molecule has 16 heavy (non-hydrogen) atoms. The zero-order chi connectivity index (χ0) is 12.1. The molecule has 0 radical (unpaired) electrons. The van der Waals surface area contributed by atoms with E-state index >= 15 is 0 Å². The first-order valence-electron chi connectivity index (χ1n) is 5.99. The van der Waals surface area contributed by atoms with Crippen LogP contribution >= 0.6 is 11.6 Å². The van der Waals surface area contributed by atoms with Crippen molar-refractivity contribution in [1.82, 2.24) is 5.32 Å². The molecule has 0 amide bonds. The molecule has 1 aromatic carbocycles. The van der Waals surface area contributed by atoms with Crippen LogP contribution in [0.15, 0.2) is 24.3 Å². The van der Waals surface area contributed by atoms with Gasteiger partial charge in [-0.1, -0.05) is 51.4 Å². The lowest BCUT2D eigenvalue weighted by atomic mass is 9.95. The van der Waals surface area contributed by atoms with Gasteiger partial charge < -0.3 is 5.32 Å². The van der Waals surface area contributed by atoms with Gasteiger partial charge >= 0.3 is 0 Å². The summed E-state index contributed by atoms with van der Waals surface area (Å²) >= 11 is 5.90. The van der Waals surface area contributed by atoms with E-state index in [4.69, 9.17) is 11.6 Å². The summed E-state index contributed by atoms with van der Waals surface area (Å²) in [4.78, 5) is 0. The fourth-order valence-corrected chi connectivity index (χ4v) is 1.90. The fraction of sp³-hybridized carbons (Fsp3) is 0.571. The Morgan fingerprint density at radius 3 is 2.06 bits per heavy atom. The summed E-state index contributed by atoms with van der Waals surface area (Å²) in [5.41, 5.74) is 1.32. The largest absolute Gasteiger partial charge is 0.309 e. The van der Waals surface area contributed by atoms with Gasteiger partial charge in [0.15, 0.2) is 0 Å². The van der Waals surface area contributed by atoms with Crippen LogP contribution in [0.2, 0.25) is 5.02 Å². The van der Waals surface area contributed by atoms with E-state index < -0.39 is 0 Å². The molecular weight excluding hydrogens is 218 g/mol. The number of halogens is 1. The lowest BCUT2D eigenvalue weighted by Crippen LogP contribution is -2.28. The molecule has 0 aliphatic carbocycles. The van der Waals surface area contributed by atoms with Gasteiger partial charge in [0, 0.05) is 11.1 Å². The van der Waals surface area contributed by atoms with Gasteiger partial charge in [0.2, 0.25) is 0 Å². The topological polar surface area (TPSA) is 12.0 Å². The van der Waals surface area contributed by atoms with Crippen molar-refractivity contribution in [2.24, 2.45) is 11.8 Å². The standard InChI is InChI=1S/C14H22ClN/c1-10(2)9-16-14(11(3)4)12-5-7-13(15)8-6-12/h5-8,10-11,14,16H,9H2,1-4H3. The maximum atomic E-state index is 5.90. The molecule has 0 aromatic heterocycles. The first-order valence-corrected chi connectivity index (χ1v) is 6.37. The molecule has 0 saturated carbocycles. The highest BCUT2D eigenvalue weighted by atomic mass is 35.5. The summed E-state index contributed by atoms with van der Waals surface area (Å²) in [5.74, 6) is 1.26. The minimum Gasteiger partial charge on any atom is -0.309 e. The number of nitrogens with one attached hydrogen (secondary N) is 1. The molecule has 1 nitrogen and oxygen atoms in total. The molecule has 90 valence electrons. The van der Waals surface area contributed by atoms with Crippen molar-refractivity contribution in [3.05, 3.63) is 34.9 Å². The van der Waals surface area contributed by atoms with Gasteiger partial charge in [-0.15, -0.1) is 0 Å². The number of hydrogen-bond acceptors (Lipinski definition) is 1. The molecule has 1 atom stereocenters. The van der Waals surface area contributed by atoms with Crippen molar-refractivity contribution >= 4 is 11.6 Å². The Morgan fingerprint density at radius 2 is 1.62 bits per heavy atom. The van der Waals surface area contributed by atoms with Crippen LogP contribution in [0.1, 0.15) is 39.3 Å². The van der Waals surface area contributed by atoms with Crippen LogP contribution in [0, 0.1) is 11.8 Å². The third-order valence-electron chi connectivity index (χ3n) is 2.64. The van der Waals surface area contributed by atoms with Crippen LogP contribution in [0.3, 0.4) is 0 Å². The van der Waals surface area contributed by atoms with Crippen molar-refractivity contribution in [1.29, 1.82) is 0 Å². The molecule has 2 heteroatoms. The van der Waals surface area contributed by atoms with Crippen LogP contribution in [-0.4, -0.2) is 6.54 Å². The predicted octanol–water partition coefficient (Wildman–Crippen LogP) is 4.28. The summed E-state index contributed by atoms with van der Waals surface area (Å²) in [6.45, 7) is 9.99. The highest BCUT2D eigenvalue weighted by molar-refractivity contribution is 6.30. The Balaban J connectivity index is 2.73. The third-order valence-corrected chi connectivity index (χ3v) is 2.89. The molecule has 1 aromatic rings. The van der Waals surface area contributed by atoms with Gasteiger partial charge in [0.25, 0.3) is 0 Å². The number of hydrogen-bond donors (Lipinski definition) is 1. The highest BCUT2D eigenvalue weighted by Crippen LogP contribution is 2.23. The predicted molar refractivity (Wildman–Crippen MR) is 71.9 cm³/mol. The quantitative estimate of drug-likeness (QED) is 0.809. The summed E-state index contributed by atoms with van der Waals surface area (Å²) in [5, 5.41) is 4.41. The van der Waals surface area contributed by atoms with Gasteiger partial charge in [0.1, 0.15) is 0 Å². The Kier molecular flexibility index (Phi) is 5.30. The summed E-state index contributed by atoms with van der Waals surface area (Å²) in [6.07, 6.45) is 0. The smallest absolute Gasteiger partial charge is 0.0406 e. The van der Waals surface area contributed by atoms with Gasteiger partial charge in [-0.25, -0.2) is 0 Å². The van der Waals surface area contributed by atoms with Gasteiger partial charge in [0.05, 0.1) is 0 Å². The molecule has 0 fully saturated rings. The van der Waals surface area contributed by atoms with E-state index in [-0.39, 0.29) is 0 Å². The van der Waals surface area contributed by atoms with Crippen molar-refractivity contribution in [2.75, 3.05) is 6.54 Å². The average Bonchev–Trinajstić information content (AvgIpc) is 2.20. The van der Waals surface area contributed by atoms with E-state index in [9.17, 15) is 0 Å². The summed E-state index contributed by atoms with van der Waals surface area (Å²) in [6, 6.07) is 8.56. The highest BCUT2D eigenvalue weighted by Gasteiger charge is 2.15. The summed E-state index contributed by atoms with van der Waals surface area (Å²) in [7, 11) is 0. The zero-order valence-corrected chi connectivity index (χ0v) is 11.4. The number of benzene rings is 1. The molecule has 0 heterocycles. The minimum absolute atomic E-state index is 0.416. The molecule has 0 bridgehead atoms. The van der Waals surface area contributed by atoms with Gasteiger partial charge in [-0.05, 0) is 36.1 Å². The van der Waals surface area contributed by atoms with Crippen LogP contribution in [0.4, 0.5) is 0 Å². The Bertz CT molecular complexity index is 303.